The van der Waals surface area contributed by atoms with Crippen LogP contribution in [-0.2, 0) is 14.3 Å². The first-order valence-corrected chi connectivity index (χ1v) is 9.36. The van der Waals surface area contributed by atoms with Gasteiger partial charge in [0, 0.05) is 18.8 Å². The third kappa shape index (κ3) is 6.49. The van der Waals surface area contributed by atoms with Gasteiger partial charge in [-0.2, -0.15) is 0 Å². The van der Waals surface area contributed by atoms with Crippen molar-refractivity contribution in [1.29, 1.82) is 0 Å². The molecule has 3 rings (SSSR count). The Morgan fingerprint density at radius 2 is 1.77 bits per heavy atom. The number of alkyl halides is 3. The molecule has 1 aromatic heterocycles. The van der Waals surface area contributed by atoms with E-state index in [9.17, 15) is 27.6 Å². The Kier molecular flexibility index (Phi) is 6.83. The molecule has 1 saturated heterocycles. The number of hydrogen-bond acceptors (Lipinski definition) is 6. The average molecular weight is 440 g/mol. The molecule has 2 aromatic rings. The second-order valence-electron chi connectivity index (χ2n) is 6.77. The van der Waals surface area contributed by atoms with Crippen molar-refractivity contribution in [3.8, 4) is 5.75 Å². The molecule has 166 valence electrons. The number of furan rings is 1. The van der Waals surface area contributed by atoms with Crippen molar-refractivity contribution in [2.75, 3.05) is 25.0 Å². The summed E-state index contributed by atoms with van der Waals surface area (Å²) in [5.74, 6) is -2.06. The van der Waals surface area contributed by atoms with E-state index >= 15 is 0 Å². The number of ether oxygens (including phenoxy) is 2. The predicted molar refractivity (Wildman–Crippen MR) is 100 cm³/mol. The van der Waals surface area contributed by atoms with Crippen molar-refractivity contribution >= 4 is 23.5 Å². The number of halogens is 3. The van der Waals surface area contributed by atoms with Crippen LogP contribution in [0, 0.1) is 5.92 Å². The number of nitrogens with zero attached hydrogens (tertiary/aromatic N) is 1. The van der Waals surface area contributed by atoms with Crippen molar-refractivity contribution in [1.82, 2.24) is 4.90 Å². The molecule has 0 aliphatic carbocycles. The largest absolute Gasteiger partial charge is 0.573 e. The lowest BCUT2D eigenvalue weighted by molar-refractivity contribution is -0.274. The van der Waals surface area contributed by atoms with Crippen molar-refractivity contribution in [2.45, 2.75) is 19.2 Å². The van der Waals surface area contributed by atoms with Crippen molar-refractivity contribution in [3.63, 3.8) is 0 Å². The second-order valence-corrected chi connectivity index (χ2v) is 6.77. The van der Waals surface area contributed by atoms with Crippen LogP contribution in [0.4, 0.5) is 18.9 Å². The number of esters is 1. The molecule has 2 heterocycles. The van der Waals surface area contributed by atoms with Gasteiger partial charge in [-0.1, -0.05) is 0 Å². The Labute approximate surface area is 174 Å². The minimum Gasteiger partial charge on any atom is -0.459 e. The summed E-state index contributed by atoms with van der Waals surface area (Å²) in [6.45, 7) is 0.181. The standard InChI is InChI=1S/C20H19F3N2O6/c21-20(22,23)31-15-5-3-14(4-6-15)24-17(26)12-30-19(28)13-7-9-25(10-8-13)18(27)16-2-1-11-29-16/h1-6,11,13H,7-10,12H2,(H,24,26). The quantitative estimate of drug-likeness (QED) is 0.693. The maximum absolute atomic E-state index is 12.2. The monoisotopic (exact) mass is 440 g/mol. The van der Waals surface area contributed by atoms with Gasteiger partial charge in [0.1, 0.15) is 5.75 Å². The van der Waals surface area contributed by atoms with Crippen LogP contribution in [0.15, 0.2) is 47.1 Å². The Morgan fingerprint density at radius 3 is 2.35 bits per heavy atom. The highest BCUT2D eigenvalue weighted by Gasteiger charge is 2.31. The van der Waals surface area contributed by atoms with Crippen LogP contribution in [0.25, 0.3) is 0 Å². The molecule has 0 bridgehead atoms. The zero-order valence-electron chi connectivity index (χ0n) is 16.2. The van der Waals surface area contributed by atoms with Crippen molar-refractivity contribution in [2.24, 2.45) is 5.92 Å². The van der Waals surface area contributed by atoms with Crippen LogP contribution < -0.4 is 10.1 Å². The molecule has 0 saturated carbocycles. The second kappa shape index (κ2) is 9.54. The Hall–Kier alpha value is -3.50. The van der Waals surface area contributed by atoms with Crippen LogP contribution in [0.2, 0.25) is 0 Å². The lowest BCUT2D eigenvalue weighted by Gasteiger charge is -2.30. The summed E-state index contributed by atoms with van der Waals surface area (Å²) in [5.41, 5.74) is 0.223. The molecule has 0 radical (unpaired) electrons. The molecule has 1 aliphatic heterocycles. The van der Waals surface area contributed by atoms with Gasteiger partial charge in [-0.25, -0.2) is 0 Å². The van der Waals surface area contributed by atoms with Gasteiger partial charge in [-0.3, -0.25) is 14.4 Å². The average Bonchev–Trinajstić information content (AvgIpc) is 3.27. The van der Waals surface area contributed by atoms with Gasteiger partial charge in [-0.15, -0.1) is 13.2 Å². The highest BCUT2D eigenvalue weighted by Crippen LogP contribution is 2.24. The summed E-state index contributed by atoms with van der Waals surface area (Å²) in [6, 6.07) is 7.74. The number of carbonyl (C=O) groups excluding carboxylic acids is 3. The molecule has 0 unspecified atom stereocenters. The molecule has 1 N–H and O–H groups in total. The van der Waals surface area contributed by atoms with Crippen molar-refractivity contribution < 1.29 is 41.4 Å². The van der Waals surface area contributed by atoms with E-state index in [-0.39, 0.29) is 17.4 Å². The molecule has 31 heavy (non-hydrogen) atoms. The minimum absolute atomic E-state index is 0.223. The van der Waals surface area contributed by atoms with E-state index in [0.717, 1.165) is 12.1 Å². The first-order valence-electron chi connectivity index (χ1n) is 9.36. The molecular formula is C20H19F3N2O6. The first kappa shape index (κ1) is 22.2. The zero-order chi connectivity index (χ0) is 22.4. The summed E-state index contributed by atoms with van der Waals surface area (Å²) in [4.78, 5) is 37.9. The number of likely N-dealkylation sites (tertiary alicyclic amines) is 1. The highest BCUT2D eigenvalue weighted by atomic mass is 19.4. The molecule has 8 nitrogen and oxygen atoms in total. The van der Waals surface area contributed by atoms with E-state index in [1.165, 1.54) is 18.4 Å². The predicted octanol–water partition coefficient (Wildman–Crippen LogP) is 3.21. The third-order valence-electron chi connectivity index (χ3n) is 4.56. The minimum atomic E-state index is -4.80. The third-order valence-corrected chi connectivity index (χ3v) is 4.56. The molecule has 11 heteroatoms. The zero-order valence-corrected chi connectivity index (χ0v) is 16.2. The number of rotatable bonds is 6. The summed E-state index contributed by atoms with van der Waals surface area (Å²) < 4.78 is 50.3. The van der Waals surface area contributed by atoms with E-state index in [1.54, 1.807) is 17.0 Å². The number of hydrogen-bond donors (Lipinski definition) is 1. The number of nitrogens with one attached hydrogen (secondary N) is 1. The van der Waals surface area contributed by atoms with E-state index in [4.69, 9.17) is 9.15 Å². The number of anilines is 1. The van der Waals surface area contributed by atoms with Gasteiger partial charge in [-0.05, 0) is 49.2 Å². The van der Waals surface area contributed by atoms with Gasteiger partial charge in [0.2, 0.25) is 0 Å². The Balaban J connectivity index is 1.39. The molecule has 0 spiro atoms. The lowest BCUT2D eigenvalue weighted by Crippen LogP contribution is -2.40. The van der Waals surface area contributed by atoms with Crippen molar-refractivity contribution in [3.05, 3.63) is 48.4 Å². The highest BCUT2D eigenvalue weighted by molar-refractivity contribution is 5.93. The van der Waals surface area contributed by atoms with Gasteiger partial charge >= 0.3 is 12.3 Å². The van der Waals surface area contributed by atoms with Gasteiger partial charge in [0.25, 0.3) is 11.8 Å². The normalized spacial score (nSPS) is 14.7. The van der Waals surface area contributed by atoms with E-state index in [1.807, 2.05) is 0 Å². The smallest absolute Gasteiger partial charge is 0.459 e. The number of carbonyl (C=O) groups is 3. The fourth-order valence-electron chi connectivity index (χ4n) is 3.07. The maximum atomic E-state index is 12.2. The van der Waals surface area contributed by atoms with E-state index in [0.29, 0.717) is 25.9 Å². The SMILES string of the molecule is O=C(COC(=O)C1CCN(C(=O)c2ccco2)CC1)Nc1ccc(OC(F)(F)F)cc1. The molecule has 1 aliphatic rings. The lowest BCUT2D eigenvalue weighted by atomic mass is 9.97. The summed E-state index contributed by atoms with van der Waals surface area (Å²) in [5, 5.41) is 2.41. The molecule has 2 amide bonds. The Bertz CT molecular complexity index is 904. The van der Waals surface area contributed by atoms with Crippen LogP contribution in [0.1, 0.15) is 23.4 Å². The topological polar surface area (TPSA) is 98.1 Å². The fraction of sp³-hybridized carbons (Fsp3) is 0.350. The van der Waals surface area contributed by atoms with Crippen LogP contribution in [0.3, 0.4) is 0 Å². The molecular weight excluding hydrogens is 421 g/mol. The summed E-state index contributed by atoms with van der Waals surface area (Å²) >= 11 is 0. The molecule has 1 fully saturated rings. The number of amides is 2. The van der Waals surface area contributed by atoms with Crippen LogP contribution in [0.5, 0.6) is 5.75 Å². The number of piperidine rings is 1. The summed E-state index contributed by atoms with van der Waals surface area (Å²) in [7, 11) is 0. The van der Waals surface area contributed by atoms with Gasteiger partial charge < -0.3 is 24.1 Å². The fourth-order valence-corrected chi connectivity index (χ4v) is 3.07. The number of benzene rings is 1. The summed E-state index contributed by atoms with van der Waals surface area (Å²) in [6.07, 6.45) is -2.60. The maximum Gasteiger partial charge on any atom is 0.573 e. The molecule has 0 atom stereocenters. The van der Waals surface area contributed by atoms with E-state index < -0.39 is 36.5 Å². The Morgan fingerprint density at radius 1 is 1.10 bits per heavy atom. The van der Waals surface area contributed by atoms with Gasteiger partial charge in [0.15, 0.2) is 12.4 Å². The van der Waals surface area contributed by atoms with E-state index in [2.05, 4.69) is 10.1 Å². The van der Waals surface area contributed by atoms with Gasteiger partial charge in [0.05, 0.1) is 12.2 Å². The first-order chi connectivity index (χ1) is 14.7. The van der Waals surface area contributed by atoms with Crippen LogP contribution >= 0.6 is 0 Å². The molecule has 1 aromatic carbocycles. The van der Waals surface area contributed by atoms with Crippen LogP contribution in [-0.4, -0.2) is 48.7 Å².